The lowest BCUT2D eigenvalue weighted by molar-refractivity contribution is -0.117. The molecule has 0 bridgehead atoms. The largest absolute Gasteiger partial charge is 0.346 e. The first-order valence-electron chi connectivity index (χ1n) is 7.13. The maximum atomic E-state index is 13.1. The maximum Gasteiger partial charge on any atom is 0.238 e. The first kappa shape index (κ1) is 14.9. The third-order valence-electron chi connectivity index (χ3n) is 3.54. The van der Waals surface area contributed by atoms with Crippen molar-refractivity contribution in [1.82, 2.24) is 9.88 Å². The van der Waals surface area contributed by atoms with Gasteiger partial charge in [-0.1, -0.05) is 6.07 Å². The third-order valence-corrected chi connectivity index (χ3v) is 4.37. The highest BCUT2D eigenvalue weighted by atomic mass is 32.1. The van der Waals surface area contributed by atoms with Gasteiger partial charge in [-0.15, -0.1) is 11.3 Å². The van der Waals surface area contributed by atoms with E-state index in [0.717, 1.165) is 31.3 Å². The van der Waals surface area contributed by atoms with Gasteiger partial charge >= 0.3 is 0 Å². The van der Waals surface area contributed by atoms with Crippen molar-refractivity contribution in [3.05, 3.63) is 41.7 Å². The smallest absolute Gasteiger partial charge is 0.238 e. The topological polar surface area (TPSA) is 48.5 Å². The van der Waals surface area contributed by atoms with Crippen LogP contribution in [0.2, 0.25) is 0 Å². The number of carbonyl (C=O) groups excluding carboxylic acids is 1. The molecule has 1 aromatic carbocycles. The maximum absolute atomic E-state index is 13.1. The quantitative estimate of drug-likeness (QED) is 0.937. The molecule has 2 heterocycles. The van der Waals surface area contributed by atoms with Gasteiger partial charge in [-0.2, -0.15) is 0 Å². The zero-order valence-corrected chi connectivity index (χ0v) is 12.9. The van der Waals surface area contributed by atoms with Gasteiger partial charge < -0.3 is 10.2 Å². The van der Waals surface area contributed by atoms with E-state index in [1.807, 2.05) is 5.38 Å². The van der Waals surface area contributed by atoms with Crippen LogP contribution in [0, 0.1) is 5.82 Å². The van der Waals surface area contributed by atoms with Crippen molar-refractivity contribution in [3.63, 3.8) is 0 Å². The van der Waals surface area contributed by atoms with Crippen LogP contribution in [-0.4, -0.2) is 48.5 Å². The lowest BCUT2D eigenvalue weighted by atomic mass is 10.3. The van der Waals surface area contributed by atoms with Crippen LogP contribution in [0.5, 0.6) is 0 Å². The highest BCUT2D eigenvalue weighted by Gasteiger charge is 2.20. The molecule has 2 aromatic rings. The Morgan fingerprint density at radius 3 is 2.82 bits per heavy atom. The van der Waals surface area contributed by atoms with Crippen molar-refractivity contribution < 1.29 is 9.18 Å². The van der Waals surface area contributed by atoms with E-state index in [2.05, 4.69) is 20.1 Å². The summed E-state index contributed by atoms with van der Waals surface area (Å²) in [5, 5.41) is 5.72. The minimum absolute atomic E-state index is 0.117. The molecular formula is C15H17FN4OS. The molecular weight excluding hydrogens is 303 g/mol. The van der Waals surface area contributed by atoms with Gasteiger partial charge in [0.05, 0.1) is 6.54 Å². The van der Waals surface area contributed by atoms with Gasteiger partial charge in [0.1, 0.15) is 5.82 Å². The molecule has 116 valence electrons. The molecule has 0 saturated carbocycles. The van der Waals surface area contributed by atoms with Gasteiger partial charge in [-0.3, -0.25) is 9.69 Å². The normalized spacial score (nSPS) is 15.8. The molecule has 1 aliphatic rings. The number of aromatic nitrogens is 1. The lowest BCUT2D eigenvalue weighted by Gasteiger charge is -2.34. The fourth-order valence-corrected chi connectivity index (χ4v) is 3.14. The number of nitrogens with one attached hydrogen (secondary N) is 1. The van der Waals surface area contributed by atoms with Gasteiger partial charge in [0.25, 0.3) is 0 Å². The van der Waals surface area contributed by atoms with Crippen molar-refractivity contribution in [2.45, 2.75) is 0 Å². The van der Waals surface area contributed by atoms with E-state index in [1.54, 1.807) is 29.7 Å². The summed E-state index contributed by atoms with van der Waals surface area (Å²) in [6, 6.07) is 5.94. The fraction of sp³-hybridized carbons (Fsp3) is 0.333. The predicted octanol–water partition coefficient (Wildman–Crippen LogP) is 2.04. The second-order valence-electron chi connectivity index (χ2n) is 5.14. The first-order valence-corrected chi connectivity index (χ1v) is 8.01. The Balaban J connectivity index is 1.47. The molecule has 1 fully saturated rings. The Kier molecular flexibility index (Phi) is 4.65. The SMILES string of the molecule is O=C(CN1CCN(c2nccs2)CC1)Nc1cccc(F)c1. The van der Waals surface area contributed by atoms with Gasteiger partial charge in [0.2, 0.25) is 5.91 Å². The van der Waals surface area contributed by atoms with Crippen molar-refractivity contribution in [2.24, 2.45) is 0 Å². The standard InChI is InChI=1S/C15H17FN4OS/c16-12-2-1-3-13(10-12)18-14(21)11-19-5-7-20(8-6-19)15-17-4-9-22-15/h1-4,9-10H,5-8,11H2,(H,18,21). The van der Waals surface area contributed by atoms with Crippen molar-refractivity contribution in [1.29, 1.82) is 0 Å². The summed E-state index contributed by atoms with van der Waals surface area (Å²) in [4.78, 5) is 20.6. The number of anilines is 2. The molecule has 22 heavy (non-hydrogen) atoms. The molecule has 1 saturated heterocycles. The minimum Gasteiger partial charge on any atom is -0.346 e. The second kappa shape index (κ2) is 6.85. The summed E-state index contributed by atoms with van der Waals surface area (Å²) < 4.78 is 13.1. The molecule has 1 N–H and O–H groups in total. The molecule has 7 heteroatoms. The Bertz CT molecular complexity index is 626. The van der Waals surface area contributed by atoms with Crippen molar-refractivity contribution in [3.8, 4) is 0 Å². The summed E-state index contributed by atoms with van der Waals surface area (Å²) in [5.41, 5.74) is 0.492. The Morgan fingerprint density at radius 1 is 1.32 bits per heavy atom. The Labute approximate surface area is 132 Å². The van der Waals surface area contributed by atoms with E-state index in [9.17, 15) is 9.18 Å². The first-order chi connectivity index (χ1) is 10.7. The number of nitrogens with zero attached hydrogens (tertiary/aromatic N) is 3. The van der Waals surface area contributed by atoms with Gasteiger partial charge in [-0.05, 0) is 18.2 Å². The molecule has 0 radical (unpaired) electrons. The summed E-state index contributed by atoms with van der Waals surface area (Å²) in [6.07, 6.45) is 1.80. The molecule has 0 aliphatic carbocycles. The van der Waals surface area contributed by atoms with Crippen LogP contribution in [0.25, 0.3) is 0 Å². The number of rotatable bonds is 4. The van der Waals surface area contributed by atoms with Crippen molar-refractivity contribution in [2.75, 3.05) is 42.9 Å². The van der Waals surface area contributed by atoms with E-state index in [-0.39, 0.29) is 11.7 Å². The number of hydrogen-bond acceptors (Lipinski definition) is 5. The number of thiazole rings is 1. The lowest BCUT2D eigenvalue weighted by Crippen LogP contribution is -2.48. The molecule has 1 aromatic heterocycles. The molecule has 1 amide bonds. The van der Waals surface area contributed by atoms with E-state index in [4.69, 9.17) is 0 Å². The minimum atomic E-state index is -0.352. The van der Waals surface area contributed by atoms with Gasteiger partial charge in [-0.25, -0.2) is 9.37 Å². The summed E-state index contributed by atoms with van der Waals surface area (Å²) >= 11 is 1.63. The average molecular weight is 320 g/mol. The monoisotopic (exact) mass is 320 g/mol. The summed E-state index contributed by atoms with van der Waals surface area (Å²) in [7, 11) is 0. The number of hydrogen-bond donors (Lipinski definition) is 1. The Morgan fingerprint density at radius 2 is 2.14 bits per heavy atom. The molecule has 0 spiro atoms. The zero-order valence-electron chi connectivity index (χ0n) is 12.0. The van der Waals surface area contributed by atoms with Gasteiger partial charge in [0, 0.05) is 43.4 Å². The van der Waals surface area contributed by atoms with Crippen molar-refractivity contribution >= 4 is 28.1 Å². The fourth-order valence-electron chi connectivity index (χ4n) is 2.44. The van der Waals surface area contributed by atoms with E-state index in [1.165, 1.54) is 12.1 Å². The molecule has 0 unspecified atom stereocenters. The molecule has 0 atom stereocenters. The highest BCUT2D eigenvalue weighted by molar-refractivity contribution is 7.13. The van der Waals surface area contributed by atoms with Gasteiger partial charge in [0.15, 0.2) is 5.13 Å². The van der Waals surface area contributed by atoms with E-state index in [0.29, 0.717) is 12.2 Å². The van der Waals surface area contributed by atoms with E-state index < -0.39 is 0 Å². The van der Waals surface area contributed by atoms with Crippen LogP contribution in [0.1, 0.15) is 0 Å². The Hall–Kier alpha value is -1.99. The van der Waals surface area contributed by atoms with Crippen LogP contribution in [0.15, 0.2) is 35.8 Å². The van der Waals surface area contributed by atoms with Crippen LogP contribution < -0.4 is 10.2 Å². The molecule has 3 rings (SSSR count). The molecule has 5 nitrogen and oxygen atoms in total. The van der Waals surface area contributed by atoms with Crippen LogP contribution in [0.3, 0.4) is 0 Å². The number of carbonyl (C=O) groups is 1. The summed E-state index contributed by atoms with van der Waals surface area (Å²) in [6.45, 7) is 3.68. The van der Waals surface area contributed by atoms with Crippen LogP contribution in [-0.2, 0) is 4.79 Å². The van der Waals surface area contributed by atoms with Crippen LogP contribution >= 0.6 is 11.3 Å². The average Bonchev–Trinajstić information content (AvgIpc) is 3.02. The third kappa shape index (κ3) is 3.80. The molecule has 1 aliphatic heterocycles. The number of benzene rings is 1. The predicted molar refractivity (Wildman–Crippen MR) is 85.8 cm³/mol. The second-order valence-corrected chi connectivity index (χ2v) is 6.01. The van der Waals surface area contributed by atoms with Crippen LogP contribution in [0.4, 0.5) is 15.2 Å². The number of halogens is 1. The highest BCUT2D eigenvalue weighted by Crippen LogP contribution is 2.18. The zero-order chi connectivity index (χ0) is 15.4. The van der Waals surface area contributed by atoms with E-state index >= 15 is 0 Å². The number of piperazine rings is 1. The summed E-state index contributed by atoms with van der Waals surface area (Å²) in [5.74, 6) is -0.469. The number of amides is 1.